The highest BCUT2D eigenvalue weighted by Crippen LogP contribution is 2.34. The number of hydrogen-bond acceptors (Lipinski definition) is 5. The van der Waals surface area contributed by atoms with Crippen LogP contribution in [0.25, 0.3) is 0 Å². The van der Waals surface area contributed by atoms with Gasteiger partial charge in [-0.2, -0.15) is 11.8 Å². The summed E-state index contributed by atoms with van der Waals surface area (Å²) < 4.78 is 5.62. The molecule has 2 heterocycles. The van der Waals surface area contributed by atoms with Crippen LogP contribution in [0.1, 0.15) is 31.4 Å². The van der Waals surface area contributed by atoms with E-state index in [1.54, 1.807) is 6.20 Å². The van der Waals surface area contributed by atoms with E-state index in [0.29, 0.717) is 5.92 Å². The van der Waals surface area contributed by atoms with Crippen LogP contribution in [-0.4, -0.2) is 23.1 Å². The fourth-order valence-electron chi connectivity index (χ4n) is 2.22. The predicted octanol–water partition coefficient (Wildman–Crippen LogP) is 2.13. The van der Waals surface area contributed by atoms with Crippen molar-refractivity contribution in [2.75, 3.05) is 18.1 Å². The third-order valence-corrected chi connectivity index (χ3v) is 4.37. The van der Waals surface area contributed by atoms with Gasteiger partial charge in [0.25, 0.3) is 0 Å². The van der Waals surface area contributed by atoms with Crippen LogP contribution in [0.3, 0.4) is 0 Å². The number of rotatable bonds is 6. The Labute approximate surface area is 113 Å². The van der Waals surface area contributed by atoms with Gasteiger partial charge in [-0.15, -0.1) is 0 Å². The van der Waals surface area contributed by atoms with Crippen LogP contribution < -0.4 is 16.0 Å². The molecule has 2 unspecified atom stereocenters. The van der Waals surface area contributed by atoms with Gasteiger partial charge in [-0.3, -0.25) is 16.3 Å². The molecule has 0 bridgehead atoms. The largest absolute Gasteiger partial charge is 0.492 e. The lowest BCUT2D eigenvalue weighted by Crippen LogP contribution is -2.33. The van der Waals surface area contributed by atoms with E-state index < -0.39 is 0 Å². The first-order valence-electron chi connectivity index (χ1n) is 6.46. The number of hydrazine groups is 1. The zero-order valence-corrected chi connectivity index (χ0v) is 11.6. The van der Waals surface area contributed by atoms with E-state index in [4.69, 9.17) is 10.6 Å². The molecule has 18 heavy (non-hydrogen) atoms. The first-order chi connectivity index (χ1) is 8.85. The molecule has 5 heteroatoms. The van der Waals surface area contributed by atoms with Crippen molar-refractivity contribution in [3.63, 3.8) is 0 Å². The first kappa shape index (κ1) is 13.6. The molecular weight excluding hydrogens is 246 g/mol. The Bertz CT molecular complexity index is 369. The molecule has 0 saturated carbocycles. The predicted molar refractivity (Wildman–Crippen MR) is 75.5 cm³/mol. The van der Waals surface area contributed by atoms with Gasteiger partial charge in [0.15, 0.2) is 0 Å². The Morgan fingerprint density at radius 2 is 2.50 bits per heavy atom. The van der Waals surface area contributed by atoms with Crippen molar-refractivity contribution >= 4 is 11.8 Å². The summed E-state index contributed by atoms with van der Waals surface area (Å²) in [4.78, 5) is 4.25. The Balaban J connectivity index is 2.09. The minimum atomic E-state index is 0.178. The van der Waals surface area contributed by atoms with Gasteiger partial charge in [0.2, 0.25) is 0 Å². The molecule has 0 amide bonds. The average molecular weight is 267 g/mol. The summed E-state index contributed by atoms with van der Waals surface area (Å²) in [5.41, 5.74) is 4.06. The molecule has 2 rings (SSSR count). The maximum absolute atomic E-state index is 5.71. The van der Waals surface area contributed by atoms with Gasteiger partial charge < -0.3 is 4.74 Å². The maximum atomic E-state index is 5.71. The number of hydrogen-bond donors (Lipinski definition) is 2. The molecule has 0 aromatic carbocycles. The van der Waals surface area contributed by atoms with Gasteiger partial charge in [-0.05, 0) is 41.9 Å². The Morgan fingerprint density at radius 3 is 3.17 bits per heavy atom. The molecule has 4 nitrogen and oxygen atoms in total. The lowest BCUT2D eigenvalue weighted by atomic mass is 9.94. The van der Waals surface area contributed by atoms with E-state index in [1.807, 2.05) is 18.0 Å². The molecule has 0 aliphatic carbocycles. The quantitative estimate of drug-likeness (QED) is 0.611. The second-order valence-corrected chi connectivity index (χ2v) is 5.72. The molecule has 1 aromatic heterocycles. The van der Waals surface area contributed by atoms with Crippen LogP contribution in [0.15, 0.2) is 18.5 Å². The number of pyridine rings is 1. The van der Waals surface area contributed by atoms with Crippen LogP contribution in [-0.2, 0) is 0 Å². The number of nitrogens with zero attached hydrogens (tertiary/aromatic N) is 1. The van der Waals surface area contributed by atoms with E-state index in [0.717, 1.165) is 30.1 Å². The number of aromatic nitrogens is 1. The molecule has 1 aliphatic rings. The van der Waals surface area contributed by atoms with Gasteiger partial charge in [0, 0.05) is 6.20 Å². The topological polar surface area (TPSA) is 60.2 Å². The van der Waals surface area contributed by atoms with Crippen molar-refractivity contribution in [3.05, 3.63) is 24.0 Å². The standard InChI is InChI=1S/C13H21N3OS/c1-2-4-17-12-6-11(7-15-8-12)13(16-14)10-3-5-18-9-10/h6-8,10,13,16H,2-5,9,14H2,1H3. The molecule has 0 spiro atoms. The highest BCUT2D eigenvalue weighted by atomic mass is 32.2. The number of nitrogens with two attached hydrogens (primary N) is 1. The van der Waals surface area contributed by atoms with E-state index in [9.17, 15) is 0 Å². The van der Waals surface area contributed by atoms with Crippen molar-refractivity contribution in [1.82, 2.24) is 10.4 Å². The summed E-state index contributed by atoms with van der Waals surface area (Å²) in [6, 6.07) is 2.23. The van der Waals surface area contributed by atoms with E-state index in [-0.39, 0.29) is 6.04 Å². The molecule has 2 atom stereocenters. The molecule has 1 saturated heterocycles. The number of nitrogens with one attached hydrogen (secondary N) is 1. The van der Waals surface area contributed by atoms with E-state index >= 15 is 0 Å². The van der Waals surface area contributed by atoms with Crippen LogP contribution in [0.4, 0.5) is 0 Å². The number of thioether (sulfide) groups is 1. The smallest absolute Gasteiger partial charge is 0.137 e. The summed E-state index contributed by atoms with van der Waals surface area (Å²) in [6.45, 7) is 2.82. The third-order valence-electron chi connectivity index (χ3n) is 3.18. The van der Waals surface area contributed by atoms with Crippen molar-refractivity contribution < 1.29 is 4.74 Å². The van der Waals surface area contributed by atoms with Crippen molar-refractivity contribution in [3.8, 4) is 5.75 Å². The molecular formula is C13H21N3OS. The summed E-state index contributed by atoms with van der Waals surface area (Å²) in [7, 11) is 0. The molecule has 1 fully saturated rings. The SMILES string of the molecule is CCCOc1cncc(C(NN)C2CCSC2)c1. The van der Waals surface area contributed by atoms with Gasteiger partial charge in [-0.25, -0.2) is 0 Å². The second-order valence-electron chi connectivity index (χ2n) is 4.57. The summed E-state index contributed by atoms with van der Waals surface area (Å²) in [6.07, 6.45) is 5.85. The zero-order chi connectivity index (χ0) is 12.8. The van der Waals surface area contributed by atoms with Crippen LogP contribution in [0, 0.1) is 5.92 Å². The monoisotopic (exact) mass is 267 g/mol. The van der Waals surface area contributed by atoms with Crippen LogP contribution in [0.5, 0.6) is 5.75 Å². The lowest BCUT2D eigenvalue weighted by molar-refractivity contribution is 0.314. The second kappa shape index (κ2) is 6.97. The molecule has 1 aliphatic heterocycles. The first-order valence-corrected chi connectivity index (χ1v) is 7.62. The van der Waals surface area contributed by atoms with E-state index in [1.165, 1.54) is 12.2 Å². The van der Waals surface area contributed by atoms with Crippen LogP contribution in [0.2, 0.25) is 0 Å². The normalized spacial score (nSPS) is 20.9. The molecule has 3 N–H and O–H groups in total. The maximum Gasteiger partial charge on any atom is 0.137 e. The van der Waals surface area contributed by atoms with Gasteiger partial charge in [0.1, 0.15) is 5.75 Å². The Kier molecular flexibility index (Phi) is 5.28. The van der Waals surface area contributed by atoms with E-state index in [2.05, 4.69) is 23.4 Å². The van der Waals surface area contributed by atoms with Crippen molar-refractivity contribution in [2.24, 2.45) is 11.8 Å². The van der Waals surface area contributed by atoms with Crippen molar-refractivity contribution in [2.45, 2.75) is 25.8 Å². The van der Waals surface area contributed by atoms with Crippen molar-refractivity contribution in [1.29, 1.82) is 0 Å². The lowest BCUT2D eigenvalue weighted by Gasteiger charge is -2.22. The fraction of sp³-hybridized carbons (Fsp3) is 0.615. The minimum absolute atomic E-state index is 0.178. The zero-order valence-electron chi connectivity index (χ0n) is 10.8. The minimum Gasteiger partial charge on any atom is -0.492 e. The summed E-state index contributed by atoms with van der Waals surface area (Å²) in [5.74, 6) is 9.51. The Hall–Kier alpha value is -0.780. The highest BCUT2D eigenvalue weighted by molar-refractivity contribution is 7.99. The molecule has 100 valence electrons. The molecule has 0 radical (unpaired) electrons. The van der Waals surface area contributed by atoms with Gasteiger partial charge in [0.05, 0.1) is 18.8 Å². The van der Waals surface area contributed by atoms with Crippen LogP contribution >= 0.6 is 11.8 Å². The van der Waals surface area contributed by atoms with Gasteiger partial charge >= 0.3 is 0 Å². The molecule has 1 aromatic rings. The fourth-order valence-corrected chi connectivity index (χ4v) is 3.52. The van der Waals surface area contributed by atoms with Gasteiger partial charge in [-0.1, -0.05) is 6.92 Å². The Morgan fingerprint density at radius 1 is 1.61 bits per heavy atom. The summed E-state index contributed by atoms with van der Waals surface area (Å²) >= 11 is 1.99. The highest BCUT2D eigenvalue weighted by Gasteiger charge is 2.26. The average Bonchev–Trinajstić information content (AvgIpc) is 2.92. The third kappa shape index (κ3) is 3.37. The number of ether oxygens (including phenoxy) is 1. The summed E-state index contributed by atoms with van der Waals surface area (Å²) in [5, 5.41) is 0.